The van der Waals surface area contributed by atoms with Crippen molar-refractivity contribution in [2.75, 3.05) is 24.5 Å². The minimum atomic E-state index is -0.796. The van der Waals surface area contributed by atoms with Crippen LogP contribution in [0.5, 0.6) is 0 Å². The zero-order chi connectivity index (χ0) is 16.6. The molecule has 1 unspecified atom stereocenters. The average molecular weight is 323 g/mol. The van der Waals surface area contributed by atoms with Crippen LogP contribution in [-0.2, 0) is 9.59 Å². The average Bonchev–Trinajstić information content (AvgIpc) is 2.89. The van der Waals surface area contributed by atoms with E-state index < -0.39 is 17.6 Å². The highest BCUT2D eigenvalue weighted by Crippen LogP contribution is 2.29. The molecule has 3 rings (SSSR count). The molecule has 1 aromatic carbocycles. The van der Waals surface area contributed by atoms with E-state index in [1.165, 1.54) is 11.0 Å². The van der Waals surface area contributed by atoms with Crippen molar-refractivity contribution in [2.45, 2.75) is 25.3 Å². The number of nitrogens with zero attached hydrogens (tertiary/aromatic N) is 2. The fraction of sp³-hybridized carbons (Fsp3) is 0.500. The summed E-state index contributed by atoms with van der Waals surface area (Å²) in [7, 11) is 0. The first-order valence-electron chi connectivity index (χ1n) is 7.75. The summed E-state index contributed by atoms with van der Waals surface area (Å²) in [5, 5.41) is 0. The highest BCUT2D eigenvalue weighted by Gasteiger charge is 2.38. The first-order chi connectivity index (χ1) is 11.0. The molecule has 2 amide bonds. The Labute approximate surface area is 133 Å². The van der Waals surface area contributed by atoms with Gasteiger partial charge in [0.05, 0.1) is 11.6 Å². The maximum atomic E-state index is 13.9. The van der Waals surface area contributed by atoms with E-state index in [4.69, 9.17) is 5.73 Å². The summed E-state index contributed by atoms with van der Waals surface area (Å²) in [5.41, 5.74) is 5.85. The van der Waals surface area contributed by atoms with Gasteiger partial charge in [0.25, 0.3) is 0 Å². The first kappa shape index (κ1) is 15.9. The molecule has 2 saturated heterocycles. The molecule has 23 heavy (non-hydrogen) atoms. The second-order valence-corrected chi connectivity index (χ2v) is 6.16. The normalized spacial score (nSPS) is 22.7. The summed E-state index contributed by atoms with van der Waals surface area (Å²) in [6.07, 6.45) is 1.56. The molecule has 1 atom stereocenters. The van der Waals surface area contributed by atoms with E-state index in [1.54, 1.807) is 4.90 Å². The van der Waals surface area contributed by atoms with E-state index in [9.17, 15) is 18.4 Å². The van der Waals surface area contributed by atoms with Gasteiger partial charge >= 0.3 is 0 Å². The quantitative estimate of drug-likeness (QED) is 0.891. The summed E-state index contributed by atoms with van der Waals surface area (Å²) in [5.74, 6) is -2.38. The van der Waals surface area contributed by atoms with E-state index in [-0.39, 0.29) is 36.5 Å². The Kier molecular flexibility index (Phi) is 4.30. The van der Waals surface area contributed by atoms with Crippen LogP contribution >= 0.6 is 0 Å². The number of hydrogen-bond acceptors (Lipinski definition) is 3. The molecule has 2 aliphatic heterocycles. The number of nitrogens with two attached hydrogens (primary N) is 1. The SMILES string of the molecule is NC1CCN(C(=O)C2CC(=O)N(c3ccc(F)cc3F)C2)CC1. The molecule has 7 heteroatoms. The molecule has 0 aliphatic carbocycles. The van der Waals surface area contributed by atoms with Gasteiger partial charge in [0.15, 0.2) is 0 Å². The Morgan fingerprint density at radius 2 is 1.91 bits per heavy atom. The fourth-order valence-corrected chi connectivity index (χ4v) is 3.18. The number of piperidine rings is 1. The van der Waals surface area contributed by atoms with Crippen LogP contribution < -0.4 is 10.6 Å². The van der Waals surface area contributed by atoms with E-state index in [1.807, 2.05) is 0 Å². The third-order valence-corrected chi connectivity index (χ3v) is 4.53. The molecule has 1 aromatic rings. The Morgan fingerprint density at radius 3 is 2.57 bits per heavy atom. The van der Waals surface area contributed by atoms with Crippen LogP contribution in [0.25, 0.3) is 0 Å². The molecule has 2 N–H and O–H groups in total. The van der Waals surface area contributed by atoms with Crippen LogP contribution in [0.1, 0.15) is 19.3 Å². The summed E-state index contributed by atoms with van der Waals surface area (Å²) < 4.78 is 26.9. The maximum absolute atomic E-state index is 13.9. The molecule has 2 heterocycles. The van der Waals surface area contributed by atoms with E-state index in [2.05, 4.69) is 0 Å². The summed E-state index contributed by atoms with van der Waals surface area (Å²) in [6, 6.07) is 3.19. The fourth-order valence-electron chi connectivity index (χ4n) is 3.18. The number of halogens is 2. The second kappa shape index (κ2) is 6.23. The van der Waals surface area contributed by atoms with Gasteiger partial charge in [-0.15, -0.1) is 0 Å². The van der Waals surface area contributed by atoms with Gasteiger partial charge in [0, 0.05) is 38.2 Å². The summed E-state index contributed by atoms with van der Waals surface area (Å²) >= 11 is 0. The summed E-state index contributed by atoms with van der Waals surface area (Å²) in [4.78, 5) is 27.6. The number of rotatable bonds is 2. The zero-order valence-corrected chi connectivity index (χ0v) is 12.7. The maximum Gasteiger partial charge on any atom is 0.228 e. The molecule has 2 fully saturated rings. The van der Waals surface area contributed by atoms with Crippen molar-refractivity contribution < 1.29 is 18.4 Å². The molecule has 5 nitrogen and oxygen atoms in total. The standard InChI is InChI=1S/C16H19F2N3O2/c17-11-1-2-14(13(18)8-11)21-9-10(7-15(21)22)16(23)20-5-3-12(19)4-6-20/h1-2,8,10,12H,3-7,9,19H2. The number of amides is 2. The zero-order valence-electron chi connectivity index (χ0n) is 12.7. The van der Waals surface area contributed by atoms with Crippen LogP contribution in [0.4, 0.5) is 14.5 Å². The predicted molar refractivity (Wildman–Crippen MR) is 80.6 cm³/mol. The number of hydrogen-bond donors (Lipinski definition) is 1. The van der Waals surface area contributed by atoms with Crippen molar-refractivity contribution in [3.05, 3.63) is 29.8 Å². The smallest absolute Gasteiger partial charge is 0.228 e. The number of benzene rings is 1. The van der Waals surface area contributed by atoms with Crippen LogP contribution in [0.3, 0.4) is 0 Å². The molecule has 0 spiro atoms. The van der Waals surface area contributed by atoms with Gasteiger partial charge in [-0.05, 0) is 25.0 Å². The van der Waals surface area contributed by atoms with Crippen LogP contribution in [0.15, 0.2) is 18.2 Å². The van der Waals surface area contributed by atoms with Gasteiger partial charge in [-0.2, -0.15) is 0 Å². The Morgan fingerprint density at radius 1 is 1.22 bits per heavy atom. The molecule has 0 radical (unpaired) electrons. The second-order valence-electron chi connectivity index (χ2n) is 6.16. The Hall–Kier alpha value is -2.02. The number of likely N-dealkylation sites (tertiary alicyclic amines) is 1. The van der Waals surface area contributed by atoms with Gasteiger partial charge in [-0.3, -0.25) is 9.59 Å². The van der Waals surface area contributed by atoms with Crippen molar-refractivity contribution >= 4 is 17.5 Å². The summed E-state index contributed by atoms with van der Waals surface area (Å²) in [6.45, 7) is 1.31. The molecule has 0 bridgehead atoms. The molecule has 0 aromatic heterocycles. The van der Waals surface area contributed by atoms with Crippen molar-refractivity contribution in [1.29, 1.82) is 0 Å². The van der Waals surface area contributed by atoms with E-state index >= 15 is 0 Å². The minimum Gasteiger partial charge on any atom is -0.342 e. The topological polar surface area (TPSA) is 66.6 Å². The van der Waals surface area contributed by atoms with Gasteiger partial charge in [0.2, 0.25) is 11.8 Å². The molecule has 124 valence electrons. The van der Waals surface area contributed by atoms with E-state index in [0.29, 0.717) is 13.1 Å². The van der Waals surface area contributed by atoms with Crippen molar-refractivity contribution in [1.82, 2.24) is 4.90 Å². The number of carbonyl (C=O) groups excluding carboxylic acids is 2. The third-order valence-electron chi connectivity index (χ3n) is 4.53. The molecular formula is C16H19F2N3O2. The monoisotopic (exact) mass is 323 g/mol. The van der Waals surface area contributed by atoms with Crippen LogP contribution in [0, 0.1) is 17.6 Å². The van der Waals surface area contributed by atoms with Gasteiger partial charge in [0.1, 0.15) is 11.6 Å². The van der Waals surface area contributed by atoms with Crippen LogP contribution in [-0.4, -0.2) is 42.4 Å². The first-order valence-corrected chi connectivity index (χ1v) is 7.75. The molecule has 2 aliphatic rings. The van der Waals surface area contributed by atoms with Crippen LogP contribution in [0.2, 0.25) is 0 Å². The predicted octanol–water partition coefficient (Wildman–Crippen LogP) is 1.27. The third kappa shape index (κ3) is 3.19. The van der Waals surface area contributed by atoms with Crippen molar-refractivity contribution in [3.63, 3.8) is 0 Å². The molecular weight excluding hydrogens is 304 g/mol. The van der Waals surface area contributed by atoms with Gasteiger partial charge in [-0.25, -0.2) is 8.78 Å². The minimum absolute atomic E-state index is 0.0207. The highest BCUT2D eigenvalue weighted by molar-refractivity contribution is 6.00. The van der Waals surface area contributed by atoms with Crippen molar-refractivity contribution in [3.8, 4) is 0 Å². The lowest BCUT2D eigenvalue weighted by molar-refractivity contribution is -0.136. The Bertz CT molecular complexity index is 630. The molecule has 0 saturated carbocycles. The van der Waals surface area contributed by atoms with E-state index in [0.717, 1.165) is 25.0 Å². The van der Waals surface area contributed by atoms with Gasteiger partial charge < -0.3 is 15.5 Å². The van der Waals surface area contributed by atoms with Crippen molar-refractivity contribution in [2.24, 2.45) is 11.7 Å². The largest absolute Gasteiger partial charge is 0.342 e. The lowest BCUT2D eigenvalue weighted by Crippen LogP contribution is -2.45. The Balaban J connectivity index is 1.71. The number of anilines is 1. The number of carbonyl (C=O) groups is 2. The highest BCUT2D eigenvalue weighted by atomic mass is 19.1. The lowest BCUT2D eigenvalue weighted by Gasteiger charge is -2.31. The lowest BCUT2D eigenvalue weighted by atomic mass is 10.0. The van der Waals surface area contributed by atoms with Gasteiger partial charge in [-0.1, -0.05) is 0 Å².